The Hall–Kier alpha value is -3.15. The SMILES string of the molecule is NC(=O)Cn1ccn(-c2cccc3ccccc23)c(=O)c1=O. The molecule has 1 amide bonds. The van der Waals surface area contributed by atoms with Gasteiger partial charge in [0.25, 0.3) is 0 Å². The van der Waals surface area contributed by atoms with Crippen LogP contribution in [-0.4, -0.2) is 15.0 Å². The summed E-state index contributed by atoms with van der Waals surface area (Å²) in [7, 11) is 0. The summed E-state index contributed by atoms with van der Waals surface area (Å²) in [6.07, 6.45) is 2.85. The molecule has 0 fully saturated rings. The number of amides is 1. The first kappa shape index (κ1) is 13.8. The highest BCUT2D eigenvalue weighted by Crippen LogP contribution is 2.20. The number of carbonyl (C=O) groups is 1. The molecule has 0 aliphatic carbocycles. The lowest BCUT2D eigenvalue weighted by molar-refractivity contribution is -0.118. The number of nitrogens with zero attached hydrogens (tertiary/aromatic N) is 2. The van der Waals surface area contributed by atoms with Crippen LogP contribution in [0, 0.1) is 0 Å². The number of hydrogen-bond acceptors (Lipinski definition) is 3. The van der Waals surface area contributed by atoms with Crippen LogP contribution in [0.2, 0.25) is 0 Å². The van der Waals surface area contributed by atoms with Gasteiger partial charge >= 0.3 is 11.1 Å². The Bertz CT molecular complexity index is 980. The zero-order chi connectivity index (χ0) is 15.7. The summed E-state index contributed by atoms with van der Waals surface area (Å²) >= 11 is 0. The van der Waals surface area contributed by atoms with E-state index >= 15 is 0 Å². The number of aromatic nitrogens is 2. The van der Waals surface area contributed by atoms with Gasteiger partial charge in [0.15, 0.2) is 0 Å². The van der Waals surface area contributed by atoms with Crippen molar-refractivity contribution < 1.29 is 4.79 Å². The first-order valence-electron chi connectivity index (χ1n) is 6.66. The highest BCUT2D eigenvalue weighted by atomic mass is 16.2. The third kappa shape index (κ3) is 2.31. The molecule has 6 heteroatoms. The number of rotatable bonds is 3. The number of fused-ring (bicyclic) bond motifs is 1. The van der Waals surface area contributed by atoms with Gasteiger partial charge in [0.1, 0.15) is 6.54 Å². The van der Waals surface area contributed by atoms with Gasteiger partial charge < -0.3 is 5.73 Å². The highest BCUT2D eigenvalue weighted by molar-refractivity contribution is 5.90. The number of carbonyl (C=O) groups excluding carboxylic acids is 1. The maximum atomic E-state index is 12.3. The number of benzene rings is 2. The third-order valence-corrected chi connectivity index (χ3v) is 3.41. The van der Waals surface area contributed by atoms with Crippen molar-refractivity contribution in [2.24, 2.45) is 5.73 Å². The summed E-state index contributed by atoms with van der Waals surface area (Å²) in [4.78, 5) is 35.3. The van der Waals surface area contributed by atoms with Crippen molar-refractivity contribution in [3.8, 4) is 5.69 Å². The molecular formula is C16H13N3O3. The van der Waals surface area contributed by atoms with Gasteiger partial charge in [0, 0.05) is 17.8 Å². The Kier molecular flexibility index (Phi) is 3.34. The molecule has 0 unspecified atom stereocenters. The van der Waals surface area contributed by atoms with Gasteiger partial charge in [-0.15, -0.1) is 0 Å². The predicted molar refractivity (Wildman–Crippen MR) is 83.0 cm³/mol. The molecule has 0 saturated carbocycles. The minimum absolute atomic E-state index is 0.315. The van der Waals surface area contributed by atoms with Crippen molar-refractivity contribution in [3.05, 3.63) is 75.6 Å². The van der Waals surface area contributed by atoms with Gasteiger partial charge in [0.05, 0.1) is 5.69 Å². The third-order valence-electron chi connectivity index (χ3n) is 3.41. The molecule has 3 aromatic rings. The lowest BCUT2D eigenvalue weighted by Gasteiger charge is -2.10. The van der Waals surface area contributed by atoms with Gasteiger partial charge in [-0.25, -0.2) is 0 Å². The van der Waals surface area contributed by atoms with Gasteiger partial charge in [-0.1, -0.05) is 36.4 Å². The molecule has 0 aliphatic rings. The largest absolute Gasteiger partial charge is 0.368 e. The quantitative estimate of drug-likeness (QED) is 0.719. The maximum Gasteiger partial charge on any atom is 0.321 e. The molecule has 0 radical (unpaired) electrons. The topological polar surface area (TPSA) is 87.1 Å². The van der Waals surface area contributed by atoms with Gasteiger partial charge in [-0.2, -0.15) is 0 Å². The van der Waals surface area contributed by atoms with Crippen LogP contribution in [0.25, 0.3) is 16.5 Å². The first-order valence-corrected chi connectivity index (χ1v) is 6.66. The standard InChI is InChI=1S/C16H13N3O3/c17-14(20)10-18-8-9-19(16(22)15(18)21)13-7-3-5-11-4-1-2-6-12(11)13/h1-9H,10H2,(H2,17,20). The molecule has 2 N–H and O–H groups in total. The van der Waals surface area contributed by atoms with Crippen LogP contribution in [0.1, 0.15) is 0 Å². The van der Waals surface area contributed by atoms with Crippen molar-refractivity contribution in [1.29, 1.82) is 0 Å². The molecular weight excluding hydrogens is 282 g/mol. The van der Waals surface area contributed by atoms with Crippen molar-refractivity contribution in [2.75, 3.05) is 0 Å². The zero-order valence-electron chi connectivity index (χ0n) is 11.6. The van der Waals surface area contributed by atoms with E-state index in [2.05, 4.69) is 0 Å². The fraction of sp³-hybridized carbons (Fsp3) is 0.0625. The summed E-state index contributed by atoms with van der Waals surface area (Å²) in [5, 5.41) is 1.83. The molecule has 0 bridgehead atoms. The van der Waals surface area contributed by atoms with Crippen LogP contribution in [0.5, 0.6) is 0 Å². The molecule has 0 atom stereocenters. The van der Waals surface area contributed by atoms with E-state index in [1.54, 1.807) is 6.07 Å². The fourth-order valence-corrected chi connectivity index (χ4v) is 2.41. The fourth-order valence-electron chi connectivity index (χ4n) is 2.41. The van der Waals surface area contributed by atoms with Crippen molar-refractivity contribution in [3.63, 3.8) is 0 Å². The van der Waals surface area contributed by atoms with E-state index in [0.717, 1.165) is 15.3 Å². The van der Waals surface area contributed by atoms with E-state index in [4.69, 9.17) is 5.73 Å². The van der Waals surface area contributed by atoms with E-state index in [9.17, 15) is 14.4 Å². The molecule has 0 saturated heterocycles. The summed E-state index contributed by atoms with van der Waals surface area (Å²) < 4.78 is 2.29. The van der Waals surface area contributed by atoms with Crippen molar-refractivity contribution in [2.45, 2.75) is 6.54 Å². The van der Waals surface area contributed by atoms with E-state index < -0.39 is 17.0 Å². The number of hydrogen-bond donors (Lipinski definition) is 1. The normalized spacial score (nSPS) is 10.7. The first-order chi connectivity index (χ1) is 10.6. The van der Waals surface area contributed by atoms with E-state index in [-0.39, 0.29) is 6.54 Å². The molecule has 6 nitrogen and oxygen atoms in total. The Morgan fingerprint density at radius 3 is 2.45 bits per heavy atom. The van der Waals surface area contributed by atoms with Gasteiger partial charge in [-0.05, 0) is 11.5 Å². The second-order valence-corrected chi connectivity index (χ2v) is 4.87. The van der Waals surface area contributed by atoms with Crippen LogP contribution >= 0.6 is 0 Å². The molecule has 0 aliphatic heterocycles. The van der Waals surface area contributed by atoms with Gasteiger partial charge in [0.2, 0.25) is 5.91 Å². The molecule has 110 valence electrons. The average Bonchev–Trinajstić information content (AvgIpc) is 2.51. The lowest BCUT2D eigenvalue weighted by Crippen LogP contribution is -2.41. The molecule has 2 aromatic carbocycles. The number of nitrogens with two attached hydrogens (primary N) is 1. The van der Waals surface area contributed by atoms with E-state index in [1.165, 1.54) is 17.0 Å². The van der Waals surface area contributed by atoms with Crippen LogP contribution < -0.4 is 16.9 Å². The summed E-state index contributed by atoms with van der Waals surface area (Å²) in [6, 6.07) is 13.1. The highest BCUT2D eigenvalue weighted by Gasteiger charge is 2.10. The van der Waals surface area contributed by atoms with Crippen LogP contribution in [0.4, 0.5) is 0 Å². The molecule has 3 rings (SSSR count). The average molecular weight is 295 g/mol. The molecule has 22 heavy (non-hydrogen) atoms. The molecule has 1 aromatic heterocycles. The number of primary amides is 1. The Labute approximate surface area is 125 Å². The maximum absolute atomic E-state index is 12.3. The lowest BCUT2D eigenvalue weighted by atomic mass is 10.1. The Balaban J connectivity index is 2.24. The van der Waals surface area contributed by atoms with E-state index in [0.29, 0.717) is 5.69 Å². The van der Waals surface area contributed by atoms with Gasteiger partial charge in [-0.3, -0.25) is 23.5 Å². The monoisotopic (exact) mass is 295 g/mol. The smallest absolute Gasteiger partial charge is 0.321 e. The zero-order valence-corrected chi connectivity index (χ0v) is 11.6. The second-order valence-electron chi connectivity index (χ2n) is 4.87. The Morgan fingerprint density at radius 2 is 1.68 bits per heavy atom. The summed E-state index contributed by atoms with van der Waals surface area (Å²) in [5.74, 6) is -0.676. The second kappa shape index (κ2) is 5.33. The van der Waals surface area contributed by atoms with E-state index in [1.807, 2.05) is 36.4 Å². The van der Waals surface area contributed by atoms with Crippen molar-refractivity contribution in [1.82, 2.24) is 9.13 Å². The van der Waals surface area contributed by atoms with Crippen molar-refractivity contribution >= 4 is 16.7 Å². The summed E-state index contributed by atoms with van der Waals surface area (Å²) in [5.41, 5.74) is 4.17. The minimum atomic E-state index is -0.783. The summed E-state index contributed by atoms with van der Waals surface area (Å²) in [6.45, 7) is -0.315. The minimum Gasteiger partial charge on any atom is -0.368 e. The van der Waals surface area contributed by atoms with Crippen LogP contribution in [0.15, 0.2) is 64.4 Å². The molecule has 1 heterocycles. The predicted octanol–water partition coefficient (Wildman–Crippen LogP) is 0.638. The Morgan fingerprint density at radius 1 is 0.955 bits per heavy atom. The van der Waals surface area contributed by atoms with Crippen LogP contribution in [-0.2, 0) is 11.3 Å². The molecule has 0 spiro atoms. The van der Waals surface area contributed by atoms with Crippen LogP contribution in [0.3, 0.4) is 0 Å².